The van der Waals surface area contributed by atoms with Crippen molar-refractivity contribution in [3.63, 3.8) is 0 Å². The van der Waals surface area contributed by atoms with E-state index in [4.69, 9.17) is 11.6 Å². The first-order valence-corrected chi connectivity index (χ1v) is 9.22. The number of pyridine rings is 1. The van der Waals surface area contributed by atoms with Gasteiger partial charge in [0.05, 0.1) is 16.4 Å². The molecule has 0 aromatic carbocycles. The number of aryl methyl sites for hydroxylation is 5. The lowest BCUT2D eigenvalue weighted by molar-refractivity contribution is 0.0947. The van der Waals surface area contributed by atoms with E-state index in [1.807, 2.05) is 44.5 Å². The molecule has 0 fully saturated rings. The number of carbonyl (C=O) groups excluding carboxylic acids is 1. The summed E-state index contributed by atoms with van der Waals surface area (Å²) in [6, 6.07) is 7.41. The molecule has 0 saturated heterocycles. The standard InChI is InChI=1S/C19H23ClN6O/c1-12-10-14(3)25(23-12)9-5-8-21-19(27)18-16(20)6-7-17(22-18)26-15(4)11-13(2)24-26/h6-7,10-11H,5,8-9H2,1-4H3,(H,21,27). The summed E-state index contributed by atoms with van der Waals surface area (Å²) >= 11 is 6.19. The Bertz CT molecular complexity index is 975. The van der Waals surface area contributed by atoms with E-state index < -0.39 is 0 Å². The molecule has 0 spiro atoms. The van der Waals surface area contributed by atoms with Crippen LogP contribution in [0.3, 0.4) is 0 Å². The number of nitrogens with one attached hydrogen (secondary N) is 1. The van der Waals surface area contributed by atoms with Gasteiger partial charge in [0, 0.05) is 24.5 Å². The van der Waals surface area contributed by atoms with Gasteiger partial charge in [-0.1, -0.05) is 11.6 Å². The first-order chi connectivity index (χ1) is 12.8. The van der Waals surface area contributed by atoms with Gasteiger partial charge in [-0.15, -0.1) is 0 Å². The molecule has 27 heavy (non-hydrogen) atoms. The van der Waals surface area contributed by atoms with Crippen LogP contribution < -0.4 is 5.32 Å². The van der Waals surface area contributed by atoms with Crippen LogP contribution in [0.1, 0.15) is 39.7 Å². The molecule has 0 bridgehead atoms. The van der Waals surface area contributed by atoms with E-state index in [1.54, 1.807) is 16.8 Å². The molecule has 7 nitrogen and oxygen atoms in total. The predicted molar refractivity (Wildman–Crippen MR) is 104 cm³/mol. The minimum atomic E-state index is -0.295. The number of nitrogens with zero attached hydrogens (tertiary/aromatic N) is 5. The van der Waals surface area contributed by atoms with Crippen LogP contribution in [0.5, 0.6) is 0 Å². The first-order valence-electron chi connectivity index (χ1n) is 8.84. The highest BCUT2D eigenvalue weighted by molar-refractivity contribution is 6.33. The zero-order valence-corrected chi connectivity index (χ0v) is 16.7. The van der Waals surface area contributed by atoms with Crippen molar-refractivity contribution in [3.8, 4) is 5.82 Å². The molecule has 0 aliphatic carbocycles. The Morgan fingerprint density at radius 1 is 1.07 bits per heavy atom. The second-order valence-electron chi connectivity index (χ2n) is 6.60. The van der Waals surface area contributed by atoms with Gasteiger partial charge in [-0.05, 0) is 58.4 Å². The second-order valence-corrected chi connectivity index (χ2v) is 7.01. The Balaban J connectivity index is 1.65. The van der Waals surface area contributed by atoms with Crippen LogP contribution in [0, 0.1) is 27.7 Å². The van der Waals surface area contributed by atoms with Crippen LogP contribution >= 0.6 is 11.6 Å². The summed E-state index contributed by atoms with van der Waals surface area (Å²) in [5, 5.41) is 12.0. The van der Waals surface area contributed by atoms with Gasteiger partial charge in [-0.3, -0.25) is 9.48 Å². The smallest absolute Gasteiger partial charge is 0.271 e. The molecule has 0 atom stereocenters. The van der Waals surface area contributed by atoms with Crippen molar-refractivity contribution in [1.29, 1.82) is 0 Å². The SMILES string of the molecule is Cc1cc(C)n(CCCNC(=O)c2nc(-n3nc(C)cc3C)ccc2Cl)n1. The molecule has 142 valence electrons. The van der Waals surface area contributed by atoms with E-state index in [1.165, 1.54) is 0 Å². The van der Waals surface area contributed by atoms with Crippen LogP contribution in [0.25, 0.3) is 5.82 Å². The van der Waals surface area contributed by atoms with Crippen molar-refractivity contribution in [1.82, 2.24) is 29.9 Å². The number of halogens is 1. The van der Waals surface area contributed by atoms with Crippen LogP contribution in [-0.4, -0.2) is 37.0 Å². The lowest BCUT2D eigenvalue weighted by Gasteiger charge is -2.09. The molecule has 0 aliphatic rings. The maximum absolute atomic E-state index is 12.5. The fourth-order valence-electron chi connectivity index (χ4n) is 2.99. The average molecular weight is 387 g/mol. The van der Waals surface area contributed by atoms with Crippen molar-refractivity contribution in [2.45, 2.75) is 40.7 Å². The third-order valence-corrected chi connectivity index (χ3v) is 4.51. The zero-order valence-electron chi connectivity index (χ0n) is 16.0. The lowest BCUT2D eigenvalue weighted by atomic mass is 10.3. The normalized spacial score (nSPS) is 11.0. The van der Waals surface area contributed by atoms with Crippen molar-refractivity contribution in [2.24, 2.45) is 0 Å². The number of hydrogen-bond acceptors (Lipinski definition) is 4. The summed E-state index contributed by atoms with van der Waals surface area (Å²) in [5.41, 5.74) is 4.14. The molecular formula is C19H23ClN6O. The van der Waals surface area contributed by atoms with Gasteiger partial charge in [0.25, 0.3) is 5.91 Å². The highest BCUT2D eigenvalue weighted by atomic mass is 35.5. The quantitative estimate of drug-likeness (QED) is 0.660. The zero-order chi connectivity index (χ0) is 19.6. The van der Waals surface area contributed by atoms with Crippen LogP contribution in [-0.2, 0) is 6.54 Å². The lowest BCUT2D eigenvalue weighted by Crippen LogP contribution is -2.27. The molecule has 0 saturated carbocycles. The maximum Gasteiger partial charge on any atom is 0.271 e. The van der Waals surface area contributed by atoms with E-state index in [0.717, 1.165) is 35.7 Å². The molecule has 3 heterocycles. The molecule has 3 rings (SSSR count). The van der Waals surface area contributed by atoms with Crippen LogP contribution in [0.2, 0.25) is 5.02 Å². The first kappa shape index (κ1) is 19.1. The predicted octanol–water partition coefficient (Wildman–Crippen LogP) is 3.17. The molecule has 0 aliphatic heterocycles. The molecule has 0 radical (unpaired) electrons. The number of amides is 1. The Morgan fingerprint density at radius 2 is 1.78 bits per heavy atom. The van der Waals surface area contributed by atoms with Crippen molar-refractivity contribution in [3.05, 3.63) is 57.8 Å². The largest absolute Gasteiger partial charge is 0.351 e. The Kier molecular flexibility index (Phi) is 5.60. The van der Waals surface area contributed by atoms with Gasteiger partial charge in [-0.2, -0.15) is 10.2 Å². The molecule has 1 N–H and O–H groups in total. The third-order valence-electron chi connectivity index (χ3n) is 4.21. The second kappa shape index (κ2) is 7.92. The Hall–Kier alpha value is -2.67. The molecular weight excluding hydrogens is 364 g/mol. The van der Waals surface area contributed by atoms with Gasteiger partial charge in [-0.25, -0.2) is 9.67 Å². The summed E-state index contributed by atoms with van der Waals surface area (Å²) in [4.78, 5) is 16.9. The van der Waals surface area contributed by atoms with Crippen molar-refractivity contribution >= 4 is 17.5 Å². The summed E-state index contributed by atoms with van der Waals surface area (Å²) in [6.07, 6.45) is 0.766. The van der Waals surface area contributed by atoms with Crippen LogP contribution in [0.4, 0.5) is 0 Å². The number of hydrogen-bond donors (Lipinski definition) is 1. The van der Waals surface area contributed by atoms with Gasteiger partial charge in [0.1, 0.15) is 5.69 Å². The van der Waals surface area contributed by atoms with E-state index in [-0.39, 0.29) is 11.6 Å². The minimum Gasteiger partial charge on any atom is -0.351 e. The number of rotatable bonds is 6. The van der Waals surface area contributed by atoms with Gasteiger partial charge in [0.15, 0.2) is 5.82 Å². The van der Waals surface area contributed by atoms with Gasteiger partial charge >= 0.3 is 0 Å². The summed E-state index contributed by atoms with van der Waals surface area (Å²) in [5.74, 6) is 0.273. The van der Waals surface area contributed by atoms with Crippen LogP contribution in [0.15, 0.2) is 24.3 Å². The van der Waals surface area contributed by atoms with E-state index >= 15 is 0 Å². The average Bonchev–Trinajstić information content (AvgIpc) is 3.12. The van der Waals surface area contributed by atoms with Crippen molar-refractivity contribution < 1.29 is 4.79 Å². The van der Waals surface area contributed by atoms with E-state index in [0.29, 0.717) is 17.4 Å². The molecule has 1 amide bonds. The maximum atomic E-state index is 12.5. The Morgan fingerprint density at radius 3 is 2.41 bits per heavy atom. The van der Waals surface area contributed by atoms with Crippen molar-refractivity contribution in [2.75, 3.05) is 6.54 Å². The highest BCUT2D eigenvalue weighted by Gasteiger charge is 2.15. The Labute approximate surface area is 163 Å². The molecule has 3 aromatic heterocycles. The summed E-state index contributed by atoms with van der Waals surface area (Å²) in [6.45, 7) is 9.10. The summed E-state index contributed by atoms with van der Waals surface area (Å²) in [7, 11) is 0. The number of carbonyl (C=O) groups is 1. The van der Waals surface area contributed by atoms with E-state index in [2.05, 4.69) is 20.5 Å². The molecule has 0 unspecified atom stereocenters. The van der Waals surface area contributed by atoms with Gasteiger partial charge in [0.2, 0.25) is 0 Å². The van der Waals surface area contributed by atoms with Gasteiger partial charge < -0.3 is 5.32 Å². The fraction of sp³-hybridized carbons (Fsp3) is 0.368. The topological polar surface area (TPSA) is 77.6 Å². The minimum absolute atomic E-state index is 0.202. The molecule has 8 heteroatoms. The molecule has 3 aromatic rings. The number of aromatic nitrogens is 5. The monoisotopic (exact) mass is 386 g/mol. The highest BCUT2D eigenvalue weighted by Crippen LogP contribution is 2.17. The third kappa shape index (κ3) is 4.36. The van der Waals surface area contributed by atoms with E-state index in [9.17, 15) is 4.79 Å². The summed E-state index contributed by atoms with van der Waals surface area (Å²) < 4.78 is 3.64. The fourth-order valence-corrected chi connectivity index (χ4v) is 3.18.